The van der Waals surface area contributed by atoms with Crippen LogP contribution in [0.1, 0.15) is 16.8 Å². The van der Waals surface area contributed by atoms with Crippen LogP contribution in [0.15, 0.2) is 53.6 Å². The van der Waals surface area contributed by atoms with Gasteiger partial charge in [0.1, 0.15) is 0 Å². The van der Waals surface area contributed by atoms with Gasteiger partial charge in [-0.15, -0.1) is 6.42 Å². The zero-order valence-corrected chi connectivity index (χ0v) is 14.2. The summed E-state index contributed by atoms with van der Waals surface area (Å²) in [5, 5.41) is 6.26. The molecule has 3 rings (SSSR count). The summed E-state index contributed by atoms with van der Waals surface area (Å²) in [6.07, 6.45) is 7.36. The molecule has 4 heteroatoms. The van der Waals surface area contributed by atoms with Crippen molar-refractivity contribution in [3.63, 3.8) is 0 Å². The van der Waals surface area contributed by atoms with Gasteiger partial charge in [0.2, 0.25) is 0 Å². The van der Waals surface area contributed by atoms with Gasteiger partial charge < -0.3 is 9.99 Å². The Morgan fingerprint density at radius 1 is 1.21 bits per heavy atom. The molecule has 0 spiro atoms. The zero-order chi connectivity index (χ0) is 16.9. The highest BCUT2D eigenvalue weighted by Crippen LogP contribution is 2.24. The highest BCUT2D eigenvalue weighted by atomic mass is 35.5. The van der Waals surface area contributed by atoms with E-state index < -0.39 is 0 Å². The molecule has 0 atom stereocenters. The summed E-state index contributed by atoms with van der Waals surface area (Å²) in [6.45, 7) is 3.27. The molecule has 0 aliphatic rings. The maximum atomic E-state index is 5.89. The van der Waals surface area contributed by atoms with E-state index in [0.29, 0.717) is 13.1 Å². The Kier molecular flexibility index (Phi) is 4.88. The molecule has 0 saturated heterocycles. The molecular formula is C20H18ClN3. The predicted octanol–water partition coefficient (Wildman–Crippen LogP) is 4.36. The standard InChI is InChI=1S/C20H18ClN3/c1-3-12-24-15(2)19(18-6-4-5-7-20(18)24)14-23-22-13-16-8-10-17(21)11-9-16/h1,4-11,14,22H,12-13H2,2H3/b23-14-. The largest absolute Gasteiger partial charge is 0.333 e. The first-order chi connectivity index (χ1) is 11.7. The zero-order valence-electron chi connectivity index (χ0n) is 13.5. The molecule has 120 valence electrons. The van der Waals surface area contributed by atoms with Gasteiger partial charge in [-0.05, 0) is 30.7 Å². The number of hydrazone groups is 1. The summed E-state index contributed by atoms with van der Waals surface area (Å²) >= 11 is 5.89. The fourth-order valence-electron chi connectivity index (χ4n) is 2.77. The number of hydrogen-bond acceptors (Lipinski definition) is 2. The van der Waals surface area contributed by atoms with Crippen LogP contribution >= 0.6 is 11.6 Å². The number of hydrogen-bond donors (Lipinski definition) is 1. The second kappa shape index (κ2) is 7.25. The molecule has 24 heavy (non-hydrogen) atoms. The average Bonchev–Trinajstić information content (AvgIpc) is 2.86. The number of rotatable bonds is 5. The summed E-state index contributed by atoms with van der Waals surface area (Å²) < 4.78 is 2.13. The monoisotopic (exact) mass is 335 g/mol. The second-order valence-corrected chi connectivity index (χ2v) is 5.96. The van der Waals surface area contributed by atoms with Crippen LogP contribution in [0.3, 0.4) is 0 Å². The van der Waals surface area contributed by atoms with Gasteiger partial charge in [-0.25, -0.2) is 0 Å². The van der Waals surface area contributed by atoms with Crippen LogP contribution in [-0.4, -0.2) is 10.8 Å². The third kappa shape index (κ3) is 3.29. The number of nitrogens with zero attached hydrogens (tertiary/aromatic N) is 2. The summed E-state index contributed by atoms with van der Waals surface area (Å²) in [7, 11) is 0. The molecule has 0 fully saturated rings. The van der Waals surface area contributed by atoms with Gasteiger partial charge >= 0.3 is 0 Å². The lowest BCUT2D eigenvalue weighted by Crippen LogP contribution is -2.05. The molecular weight excluding hydrogens is 318 g/mol. The minimum atomic E-state index is 0.554. The van der Waals surface area contributed by atoms with E-state index in [1.54, 1.807) is 0 Å². The lowest BCUT2D eigenvalue weighted by Gasteiger charge is -2.03. The Morgan fingerprint density at radius 3 is 2.71 bits per heavy atom. The molecule has 0 unspecified atom stereocenters. The number of terminal acetylenes is 1. The molecule has 3 aromatic rings. The summed E-state index contributed by atoms with van der Waals surface area (Å²) in [4.78, 5) is 0. The number of benzene rings is 2. The Bertz CT molecular complexity index is 914. The van der Waals surface area contributed by atoms with E-state index in [-0.39, 0.29) is 0 Å². The van der Waals surface area contributed by atoms with E-state index >= 15 is 0 Å². The van der Waals surface area contributed by atoms with Crippen molar-refractivity contribution in [3.05, 3.63) is 70.4 Å². The predicted molar refractivity (Wildman–Crippen MR) is 101 cm³/mol. The van der Waals surface area contributed by atoms with E-state index in [0.717, 1.165) is 32.7 Å². The summed E-state index contributed by atoms with van der Waals surface area (Å²) in [5.74, 6) is 2.72. The van der Waals surface area contributed by atoms with Crippen LogP contribution in [-0.2, 0) is 13.1 Å². The number of fused-ring (bicyclic) bond motifs is 1. The fourth-order valence-corrected chi connectivity index (χ4v) is 2.89. The summed E-state index contributed by atoms with van der Waals surface area (Å²) in [6, 6.07) is 15.9. The van der Waals surface area contributed by atoms with Crippen LogP contribution in [0.25, 0.3) is 10.9 Å². The third-order valence-electron chi connectivity index (χ3n) is 4.01. The summed E-state index contributed by atoms with van der Waals surface area (Å²) in [5.41, 5.74) is 7.54. The number of halogens is 1. The van der Waals surface area contributed by atoms with Gasteiger partial charge in [0, 0.05) is 27.2 Å². The second-order valence-electron chi connectivity index (χ2n) is 5.53. The van der Waals surface area contributed by atoms with Crippen molar-refractivity contribution < 1.29 is 0 Å². The van der Waals surface area contributed by atoms with Gasteiger partial charge in [0.05, 0.1) is 19.3 Å². The topological polar surface area (TPSA) is 29.3 Å². The smallest absolute Gasteiger partial charge is 0.0837 e. The highest BCUT2D eigenvalue weighted by molar-refractivity contribution is 6.30. The van der Waals surface area contributed by atoms with Gasteiger partial charge in [0.15, 0.2) is 0 Å². The quantitative estimate of drug-likeness (QED) is 0.419. The molecule has 0 bridgehead atoms. The molecule has 0 radical (unpaired) electrons. The van der Waals surface area contributed by atoms with E-state index in [4.69, 9.17) is 18.0 Å². The molecule has 3 nitrogen and oxygen atoms in total. The molecule has 1 aromatic heterocycles. The molecule has 1 N–H and O–H groups in total. The van der Waals surface area contributed by atoms with Gasteiger partial charge in [-0.2, -0.15) is 5.10 Å². The van der Waals surface area contributed by atoms with Crippen molar-refractivity contribution >= 4 is 28.7 Å². The van der Waals surface area contributed by atoms with E-state index in [2.05, 4.69) is 40.1 Å². The SMILES string of the molecule is C#CCn1c(C)c(/C=N\NCc2ccc(Cl)cc2)c2ccccc21. The van der Waals surface area contributed by atoms with Gasteiger partial charge in [-0.3, -0.25) is 0 Å². The van der Waals surface area contributed by atoms with Crippen LogP contribution in [0.4, 0.5) is 0 Å². The third-order valence-corrected chi connectivity index (χ3v) is 4.26. The van der Waals surface area contributed by atoms with Crippen molar-refractivity contribution in [2.45, 2.75) is 20.0 Å². The van der Waals surface area contributed by atoms with E-state index in [1.807, 2.05) is 42.6 Å². The van der Waals surface area contributed by atoms with Crippen LogP contribution in [0.2, 0.25) is 5.02 Å². The lowest BCUT2D eigenvalue weighted by atomic mass is 10.1. The van der Waals surface area contributed by atoms with Crippen molar-refractivity contribution in [3.8, 4) is 12.3 Å². The van der Waals surface area contributed by atoms with Crippen molar-refractivity contribution in [1.29, 1.82) is 0 Å². The van der Waals surface area contributed by atoms with Crippen molar-refractivity contribution in [2.24, 2.45) is 5.10 Å². The Hall–Kier alpha value is -2.70. The average molecular weight is 336 g/mol. The first kappa shape index (κ1) is 16.2. The molecule has 0 amide bonds. The van der Waals surface area contributed by atoms with E-state index in [1.165, 1.54) is 0 Å². The minimum absolute atomic E-state index is 0.554. The molecule has 0 aliphatic heterocycles. The van der Waals surface area contributed by atoms with Crippen LogP contribution < -0.4 is 5.43 Å². The molecule has 0 saturated carbocycles. The molecule has 0 aliphatic carbocycles. The van der Waals surface area contributed by atoms with Gasteiger partial charge in [-0.1, -0.05) is 47.9 Å². The maximum Gasteiger partial charge on any atom is 0.0837 e. The maximum absolute atomic E-state index is 5.89. The number of aromatic nitrogens is 1. The normalized spacial score (nSPS) is 11.0. The Morgan fingerprint density at radius 2 is 1.96 bits per heavy atom. The number of nitrogens with one attached hydrogen (secondary N) is 1. The minimum Gasteiger partial charge on any atom is -0.333 e. The van der Waals surface area contributed by atoms with Crippen LogP contribution in [0, 0.1) is 19.3 Å². The lowest BCUT2D eigenvalue weighted by molar-refractivity contribution is 0.748. The Balaban J connectivity index is 1.80. The first-order valence-corrected chi connectivity index (χ1v) is 8.10. The fraction of sp³-hybridized carbons (Fsp3) is 0.150. The Labute approximate surface area is 146 Å². The van der Waals surface area contributed by atoms with Crippen LogP contribution in [0.5, 0.6) is 0 Å². The van der Waals surface area contributed by atoms with E-state index in [9.17, 15) is 0 Å². The molecule has 1 heterocycles. The van der Waals surface area contributed by atoms with Crippen molar-refractivity contribution in [1.82, 2.24) is 9.99 Å². The first-order valence-electron chi connectivity index (χ1n) is 7.72. The number of para-hydroxylation sites is 1. The van der Waals surface area contributed by atoms with Crippen molar-refractivity contribution in [2.75, 3.05) is 0 Å². The van der Waals surface area contributed by atoms with Gasteiger partial charge in [0.25, 0.3) is 0 Å². The highest BCUT2D eigenvalue weighted by Gasteiger charge is 2.11. The molecule has 2 aromatic carbocycles.